The molecule has 0 bridgehead atoms. The van der Waals surface area contributed by atoms with Gasteiger partial charge < -0.3 is 10.4 Å². The minimum absolute atomic E-state index is 0.377. The molecule has 0 saturated heterocycles. The summed E-state index contributed by atoms with van der Waals surface area (Å²) in [4.78, 5) is 0. The van der Waals surface area contributed by atoms with Crippen LogP contribution < -0.4 is 5.32 Å². The smallest absolute Gasteiger partial charge is 0.0771 e. The van der Waals surface area contributed by atoms with E-state index < -0.39 is 5.60 Å². The molecular formula is C18H35NO. The second kappa shape index (κ2) is 6.36. The van der Waals surface area contributed by atoms with Crippen molar-refractivity contribution < 1.29 is 5.11 Å². The molecule has 0 heterocycles. The quantitative estimate of drug-likeness (QED) is 0.815. The van der Waals surface area contributed by atoms with Crippen LogP contribution in [0.3, 0.4) is 0 Å². The lowest BCUT2D eigenvalue weighted by molar-refractivity contribution is -0.0138. The second-order valence-corrected chi connectivity index (χ2v) is 8.65. The van der Waals surface area contributed by atoms with E-state index in [1.54, 1.807) is 0 Å². The van der Waals surface area contributed by atoms with E-state index in [1.165, 1.54) is 38.5 Å². The molecule has 0 aromatic carbocycles. The number of hydrogen-bond donors (Lipinski definition) is 2. The molecular weight excluding hydrogens is 246 g/mol. The van der Waals surface area contributed by atoms with Crippen LogP contribution in [0.15, 0.2) is 0 Å². The van der Waals surface area contributed by atoms with Gasteiger partial charge in [0.2, 0.25) is 0 Å². The molecule has 0 aromatic heterocycles. The van der Waals surface area contributed by atoms with Gasteiger partial charge in [0.15, 0.2) is 0 Å². The lowest BCUT2D eigenvalue weighted by atomic mass is 9.69. The standard InChI is InChI=1S/C18H35NO/c1-14-9-11-18(20,12-10-14)13-19-16-8-6-5-7-15(16)17(2,3)4/h14-16,19-20H,5-13H2,1-4H3. The molecule has 0 amide bonds. The number of aliphatic hydroxyl groups is 1. The van der Waals surface area contributed by atoms with E-state index in [1.807, 2.05) is 0 Å². The molecule has 2 rings (SSSR count). The third-order valence-electron chi connectivity index (χ3n) is 5.78. The van der Waals surface area contributed by atoms with E-state index in [4.69, 9.17) is 0 Å². The zero-order chi connectivity index (χ0) is 14.8. The molecule has 0 aliphatic heterocycles. The van der Waals surface area contributed by atoms with Gasteiger partial charge in [-0.3, -0.25) is 0 Å². The highest BCUT2D eigenvalue weighted by atomic mass is 16.3. The lowest BCUT2D eigenvalue weighted by Gasteiger charge is -2.43. The highest BCUT2D eigenvalue weighted by Crippen LogP contribution is 2.38. The number of nitrogens with one attached hydrogen (secondary N) is 1. The van der Waals surface area contributed by atoms with Crippen LogP contribution in [0.5, 0.6) is 0 Å². The zero-order valence-electron chi connectivity index (χ0n) is 14.0. The van der Waals surface area contributed by atoms with Crippen LogP contribution in [0.1, 0.15) is 79.1 Å². The van der Waals surface area contributed by atoms with Crippen LogP contribution in [0, 0.1) is 17.3 Å². The van der Waals surface area contributed by atoms with Crippen molar-refractivity contribution in [3.05, 3.63) is 0 Å². The fourth-order valence-corrected chi connectivity index (χ4v) is 4.21. The largest absolute Gasteiger partial charge is 0.389 e. The van der Waals surface area contributed by atoms with E-state index in [2.05, 4.69) is 33.0 Å². The average molecular weight is 281 g/mol. The van der Waals surface area contributed by atoms with Crippen molar-refractivity contribution in [1.82, 2.24) is 5.32 Å². The van der Waals surface area contributed by atoms with Gasteiger partial charge in [-0.1, -0.05) is 40.5 Å². The van der Waals surface area contributed by atoms with Gasteiger partial charge in [0.1, 0.15) is 0 Å². The van der Waals surface area contributed by atoms with Gasteiger partial charge in [-0.05, 0) is 55.8 Å². The first-order valence-electron chi connectivity index (χ1n) is 8.76. The minimum Gasteiger partial charge on any atom is -0.389 e. The molecule has 20 heavy (non-hydrogen) atoms. The summed E-state index contributed by atoms with van der Waals surface area (Å²) in [6, 6.07) is 0.604. The summed E-state index contributed by atoms with van der Waals surface area (Å²) < 4.78 is 0. The Morgan fingerprint density at radius 3 is 2.25 bits per heavy atom. The Bertz CT molecular complexity index is 299. The number of hydrogen-bond acceptors (Lipinski definition) is 2. The molecule has 2 aliphatic carbocycles. The minimum atomic E-state index is -0.438. The highest BCUT2D eigenvalue weighted by Gasteiger charge is 2.37. The van der Waals surface area contributed by atoms with Gasteiger partial charge in [-0.15, -0.1) is 0 Å². The Morgan fingerprint density at radius 1 is 1.05 bits per heavy atom. The maximum absolute atomic E-state index is 10.7. The van der Waals surface area contributed by atoms with Crippen molar-refractivity contribution in [2.24, 2.45) is 17.3 Å². The monoisotopic (exact) mass is 281 g/mol. The van der Waals surface area contributed by atoms with Gasteiger partial charge in [0, 0.05) is 12.6 Å². The first kappa shape index (κ1) is 16.3. The van der Waals surface area contributed by atoms with Crippen LogP contribution in [-0.2, 0) is 0 Å². The van der Waals surface area contributed by atoms with E-state index in [9.17, 15) is 5.11 Å². The summed E-state index contributed by atoms with van der Waals surface area (Å²) in [7, 11) is 0. The van der Waals surface area contributed by atoms with Crippen molar-refractivity contribution in [3.63, 3.8) is 0 Å². The van der Waals surface area contributed by atoms with Crippen LogP contribution in [0.4, 0.5) is 0 Å². The Morgan fingerprint density at radius 2 is 1.65 bits per heavy atom. The topological polar surface area (TPSA) is 32.3 Å². The van der Waals surface area contributed by atoms with Gasteiger partial charge in [0.25, 0.3) is 0 Å². The number of rotatable bonds is 3. The third kappa shape index (κ3) is 4.21. The van der Waals surface area contributed by atoms with Crippen LogP contribution in [-0.4, -0.2) is 23.3 Å². The lowest BCUT2D eigenvalue weighted by Crippen LogP contribution is -2.51. The summed E-state index contributed by atoms with van der Waals surface area (Å²) in [5, 5.41) is 14.5. The molecule has 2 nitrogen and oxygen atoms in total. The third-order valence-corrected chi connectivity index (χ3v) is 5.78. The summed E-state index contributed by atoms with van der Waals surface area (Å²) in [5.74, 6) is 1.55. The SMILES string of the molecule is CC1CCC(O)(CNC2CCCCC2C(C)(C)C)CC1. The molecule has 2 N–H and O–H groups in total. The van der Waals surface area contributed by atoms with E-state index >= 15 is 0 Å². The molecule has 2 fully saturated rings. The van der Waals surface area contributed by atoms with Gasteiger partial charge in [0.05, 0.1) is 5.60 Å². The molecule has 0 spiro atoms. The Hall–Kier alpha value is -0.0800. The summed E-state index contributed by atoms with van der Waals surface area (Å²) in [5.41, 5.74) is -0.0613. The first-order chi connectivity index (χ1) is 9.30. The van der Waals surface area contributed by atoms with Crippen molar-refractivity contribution >= 4 is 0 Å². The normalized spacial score (nSPS) is 39.8. The Kier molecular flexibility index (Phi) is 5.18. The fourth-order valence-electron chi connectivity index (χ4n) is 4.21. The molecule has 0 aromatic rings. The summed E-state index contributed by atoms with van der Waals surface area (Å²) >= 11 is 0. The molecule has 2 unspecified atom stereocenters. The molecule has 2 saturated carbocycles. The van der Waals surface area contributed by atoms with Crippen LogP contribution in [0.2, 0.25) is 0 Å². The van der Waals surface area contributed by atoms with Crippen molar-refractivity contribution in [1.29, 1.82) is 0 Å². The van der Waals surface area contributed by atoms with E-state index in [-0.39, 0.29) is 0 Å². The molecule has 118 valence electrons. The zero-order valence-corrected chi connectivity index (χ0v) is 14.0. The summed E-state index contributed by atoms with van der Waals surface area (Å²) in [6.45, 7) is 10.2. The maximum atomic E-state index is 10.7. The maximum Gasteiger partial charge on any atom is 0.0771 e. The van der Waals surface area contributed by atoms with Crippen molar-refractivity contribution in [2.45, 2.75) is 90.7 Å². The predicted octanol–water partition coefficient (Wildman–Crippen LogP) is 4.12. The molecule has 0 radical (unpaired) electrons. The van der Waals surface area contributed by atoms with Gasteiger partial charge in [-0.25, -0.2) is 0 Å². The highest BCUT2D eigenvalue weighted by molar-refractivity contribution is 4.92. The second-order valence-electron chi connectivity index (χ2n) is 8.65. The molecule has 2 heteroatoms. The van der Waals surface area contributed by atoms with Gasteiger partial charge >= 0.3 is 0 Å². The van der Waals surface area contributed by atoms with Crippen LogP contribution in [0.25, 0.3) is 0 Å². The van der Waals surface area contributed by atoms with E-state index in [0.717, 1.165) is 31.2 Å². The van der Waals surface area contributed by atoms with Crippen molar-refractivity contribution in [2.75, 3.05) is 6.54 Å². The Balaban J connectivity index is 1.88. The fraction of sp³-hybridized carbons (Fsp3) is 1.00. The molecule has 2 aliphatic rings. The Labute approximate surface area is 125 Å². The summed E-state index contributed by atoms with van der Waals surface area (Å²) in [6.07, 6.45) is 9.69. The van der Waals surface area contributed by atoms with Gasteiger partial charge in [-0.2, -0.15) is 0 Å². The van der Waals surface area contributed by atoms with Crippen LogP contribution >= 0.6 is 0 Å². The van der Waals surface area contributed by atoms with E-state index in [0.29, 0.717) is 11.5 Å². The average Bonchev–Trinajstić information content (AvgIpc) is 2.40. The first-order valence-corrected chi connectivity index (χ1v) is 8.76. The van der Waals surface area contributed by atoms with Crippen molar-refractivity contribution in [3.8, 4) is 0 Å². The molecule has 2 atom stereocenters. The predicted molar refractivity (Wildman–Crippen MR) is 85.8 cm³/mol.